The van der Waals surface area contributed by atoms with E-state index in [2.05, 4.69) is 19.9 Å². The number of carbonyl (C=O) groups is 2. The zero-order valence-corrected chi connectivity index (χ0v) is 17.9. The van der Waals surface area contributed by atoms with E-state index in [1.54, 1.807) is 6.92 Å². The van der Waals surface area contributed by atoms with Crippen LogP contribution in [0.15, 0.2) is 23.8 Å². The van der Waals surface area contributed by atoms with Crippen LogP contribution in [0.5, 0.6) is 11.5 Å². The highest BCUT2D eigenvalue weighted by molar-refractivity contribution is 6.33. The van der Waals surface area contributed by atoms with Gasteiger partial charge in [0.2, 0.25) is 0 Å². The molecule has 152 valence electrons. The Labute approximate surface area is 171 Å². The number of aromatic hydroxyl groups is 2. The molecule has 0 bridgehead atoms. The number of phenolic OH excluding ortho intramolecular Hbond substituents is 2. The van der Waals surface area contributed by atoms with Gasteiger partial charge in [0.25, 0.3) is 0 Å². The zero-order valence-electron chi connectivity index (χ0n) is 17.2. The SMILES string of the molecule is CC(/C=C\C1(C)C(C)CCC(=O)C1C)=C\Cc1c(O)c(Cl)c(C)c(C=O)c1O. The van der Waals surface area contributed by atoms with Crippen LogP contribution >= 0.6 is 11.6 Å². The minimum Gasteiger partial charge on any atom is -0.507 e. The summed E-state index contributed by atoms with van der Waals surface area (Å²) in [6.07, 6.45) is 8.25. The molecule has 5 heteroatoms. The number of aldehydes is 1. The largest absolute Gasteiger partial charge is 0.507 e. The molecule has 0 spiro atoms. The number of rotatable bonds is 5. The van der Waals surface area contributed by atoms with Gasteiger partial charge < -0.3 is 10.2 Å². The van der Waals surface area contributed by atoms with E-state index in [1.165, 1.54) is 0 Å². The standard InChI is InChI=1S/C23H29ClO4/c1-13(10-11-23(5)14(2)7-9-19(26)16(23)4)6-8-17-21(27)18(12-25)15(3)20(24)22(17)28/h6,10-12,14,16,27-28H,7-9H2,1-5H3/b11-10-,13-6+. The van der Waals surface area contributed by atoms with Crippen LogP contribution in [0.3, 0.4) is 0 Å². The minimum absolute atomic E-state index is 0.0283. The summed E-state index contributed by atoms with van der Waals surface area (Å²) in [7, 11) is 0. The summed E-state index contributed by atoms with van der Waals surface area (Å²) in [5.74, 6) is 0.233. The number of benzene rings is 1. The van der Waals surface area contributed by atoms with Crippen molar-refractivity contribution in [2.45, 2.75) is 53.9 Å². The molecule has 2 N–H and O–H groups in total. The van der Waals surface area contributed by atoms with E-state index in [4.69, 9.17) is 11.6 Å². The lowest BCUT2D eigenvalue weighted by molar-refractivity contribution is -0.129. The number of hydrogen-bond donors (Lipinski definition) is 2. The molecule has 0 heterocycles. The first-order valence-corrected chi connectivity index (χ1v) is 9.99. The first-order valence-electron chi connectivity index (χ1n) is 9.61. The molecular formula is C23H29ClO4. The Balaban J connectivity index is 2.28. The molecular weight excluding hydrogens is 376 g/mol. The van der Waals surface area contributed by atoms with Gasteiger partial charge in [-0.25, -0.2) is 0 Å². The second kappa shape index (κ2) is 8.52. The van der Waals surface area contributed by atoms with E-state index in [1.807, 2.05) is 26.0 Å². The average molecular weight is 405 g/mol. The lowest BCUT2D eigenvalue weighted by Crippen LogP contribution is -2.40. The second-order valence-electron chi connectivity index (χ2n) is 8.13. The molecule has 1 fully saturated rings. The molecule has 1 saturated carbocycles. The molecule has 0 amide bonds. The quantitative estimate of drug-likeness (QED) is 0.497. The van der Waals surface area contributed by atoms with Crippen molar-refractivity contribution in [1.82, 2.24) is 0 Å². The molecule has 0 radical (unpaired) electrons. The Morgan fingerprint density at radius 3 is 2.54 bits per heavy atom. The molecule has 3 unspecified atom stereocenters. The van der Waals surface area contributed by atoms with Crippen LogP contribution in [0.1, 0.15) is 62.0 Å². The number of ketones is 1. The van der Waals surface area contributed by atoms with Gasteiger partial charge in [0, 0.05) is 17.9 Å². The smallest absolute Gasteiger partial charge is 0.154 e. The van der Waals surface area contributed by atoms with Crippen molar-refractivity contribution < 1.29 is 19.8 Å². The van der Waals surface area contributed by atoms with Crippen LogP contribution < -0.4 is 0 Å². The lowest BCUT2D eigenvalue weighted by Gasteiger charge is -2.42. The second-order valence-corrected chi connectivity index (χ2v) is 8.50. The van der Waals surface area contributed by atoms with Gasteiger partial charge in [-0.1, -0.05) is 56.2 Å². The minimum atomic E-state index is -0.241. The number of halogens is 1. The summed E-state index contributed by atoms with van der Waals surface area (Å²) in [6, 6.07) is 0. The van der Waals surface area contributed by atoms with Crippen LogP contribution in [0, 0.1) is 24.2 Å². The Bertz CT molecular complexity index is 853. The van der Waals surface area contributed by atoms with E-state index in [0.717, 1.165) is 12.0 Å². The summed E-state index contributed by atoms with van der Waals surface area (Å²) in [5.41, 5.74) is 1.41. The average Bonchev–Trinajstić information content (AvgIpc) is 2.66. The first kappa shape index (κ1) is 22.2. The van der Waals surface area contributed by atoms with Gasteiger partial charge >= 0.3 is 0 Å². The highest BCUT2D eigenvalue weighted by Gasteiger charge is 2.41. The van der Waals surface area contributed by atoms with Crippen molar-refractivity contribution in [2.24, 2.45) is 17.3 Å². The first-order chi connectivity index (χ1) is 13.0. The fourth-order valence-corrected chi connectivity index (χ4v) is 4.04. The van der Waals surface area contributed by atoms with Crippen LogP contribution in [-0.2, 0) is 11.2 Å². The molecule has 1 aliphatic rings. The molecule has 0 aliphatic heterocycles. The predicted octanol–water partition coefficient (Wildman–Crippen LogP) is 5.56. The van der Waals surface area contributed by atoms with Crippen LogP contribution in [0.4, 0.5) is 0 Å². The number of Topliss-reactive ketones (excluding diaryl/α,β-unsaturated/α-hetero) is 1. The van der Waals surface area contributed by atoms with Gasteiger partial charge in [-0.2, -0.15) is 0 Å². The van der Waals surface area contributed by atoms with Gasteiger partial charge in [0.1, 0.15) is 17.3 Å². The Morgan fingerprint density at radius 2 is 1.93 bits per heavy atom. The summed E-state index contributed by atoms with van der Waals surface area (Å²) < 4.78 is 0. The molecule has 0 aromatic heterocycles. The van der Waals surface area contributed by atoms with Crippen LogP contribution in [0.2, 0.25) is 5.02 Å². The van der Waals surface area contributed by atoms with Crippen molar-refractivity contribution >= 4 is 23.7 Å². The van der Waals surface area contributed by atoms with Gasteiger partial charge in [-0.15, -0.1) is 0 Å². The van der Waals surface area contributed by atoms with Crippen molar-refractivity contribution in [2.75, 3.05) is 0 Å². The maximum Gasteiger partial charge on any atom is 0.154 e. The van der Waals surface area contributed by atoms with Gasteiger partial charge in [-0.05, 0) is 43.6 Å². The van der Waals surface area contributed by atoms with Crippen molar-refractivity contribution in [1.29, 1.82) is 0 Å². The predicted molar refractivity (Wildman–Crippen MR) is 112 cm³/mol. The molecule has 3 atom stereocenters. The lowest BCUT2D eigenvalue weighted by atomic mass is 9.61. The Morgan fingerprint density at radius 1 is 1.29 bits per heavy atom. The summed E-state index contributed by atoms with van der Waals surface area (Å²) >= 11 is 6.09. The third-order valence-corrected chi connectivity index (χ3v) is 6.98. The van der Waals surface area contributed by atoms with Gasteiger partial charge in [0.15, 0.2) is 6.29 Å². The third-order valence-electron chi connectivity index (χ3n) is 6.52. The van der Waals surface area contributed by atoms with Crippen LogP contribution in [-0.4, -0.2) is 22.3 Å². The van der Waals surface area contributed by atoms with Crippen molar-refractivity contribution in [3.63, 3.8) is 0 Å². The zero-order chi connectivity index (χ0) is 21.2. The van der Waals surface area contributed by atoms with Gasteiger partial charge in [-0.3, -0.25) is 9.59 Å². The fourth-order valence-electron chi connectivity index (χ4n) is 3.83. The number of allylic oxidation sites excluding steroid dienone is 4. The highest BCUT2D eigenvalue weighted by atomic mass is 35.5. The van der Waals surface area contributed by atoms with E-state index < -0.39 is 0 Å². The normalized spacial score (nSPS) is 26.1. The van der Waals surface area contributed by atoms with Gasteiger partial charge in [0.05, 0.1) is 10.6 Å². The monoisotopic (exact) mass is 404 g/mol. The molecule has 4 nitrogen and oxygen atoms in total. The van der Waals surface area contributed by atoms with Crippen molar-refractivity contribution in [3.05, 3.63) is 45.5 Å². The van der Waals surface area contributed by atoms with E-state index >= 15 is 0 Å². The molecule has 1 aromatic rings. The number of hydrogen-bond acceptors (Lipinski definition) is 4. The molecule has 1 aromatic carbocycles. The number of carbonyl (C=O) groups excluding carboxylic acids is 2. The summed E-state index contributed by atoms with van der Waals surface area (Å²) in [5, 5.41) is 20.7. The fraction of sp³-hybridized carbons (Fsp3) is 0.478. The molecule has 28 heavy (non-hydrogen) atoms. The van der Waals surface area contributed by atoms with Crippen LogP contribution in [0.25, 0.3) is 0 Å². The summed E-state index contributed by atoms with van der Waals surface area (Å²) in [6.45, 7) is 9.79. The number of phenols is 2. The highest BCUT2D eigenvalue weighted by Crippen LogP contribution is 2.45. The topological polar surface area (TPSA) is 74.6 Å². The molecule has 2 rings (SSSR count). The maximum absolute atomic E-state index is 12.2. The van der Waals surface area contributed by atoms with E-state index in [9.17, 15) is 19.8 Å². The Kier molecular flexibility index (Phi) is 6.76. The Hall–Kier alpha value is -2.07. The van der Waals surface area contributed by atoms with E-state index in [0.29, 0.717) is 30.0 Å². The molecule has 1 aliphatic carbocycles. The summed E-state index contributed by atoms with van der Waals surface area (Å²) in [4.78, 5) is 23.4. The molecule has 0 saturated heterocycles. The van der Waals surface area contributed by atoms with Crippen molar-refractivity contribution in [3.8, 4) is 11.5 Å². The third kappa shape index (κ3) is 4.02. The maximum atomic E-state index is 12.2. The van der Waals surface area contributed by atoms with E-state index in [-0.39, 0.29) is 45.4 Å².